The van der Waals surface area contributed by atoms with E-state index in [1.165, 1.54) is 4.31 Å². The fraction of sp³-hybridized carbons (Fsp3) is 0.450. The van der Waals surface area contributed by atoms with Gasteiger partial charge >= 0.3 is 0 Å². The van der Waals surface area contributed by atoms with Gasteiger partial charge in [-0.1, -0.05) is 17.7 Å². The summed E-state index contributed by atoms with van der Waals surface area (Å²) in [5.41, 5.74) is 1.01. The molecule has 1 saturated heterocycles. The van der Waals surface area contributed by atoms with Crippen LogP contribution >= 0.6 is 11.8 Å². The average molecular weight is 423 g/mol. The molecule has 0 aliphatic carbocycles. The number of rotatable bonds is 8. The molecule has 1 atom stereocenters. The average Bonchev–Trinajstić information content (AvgIpc) is 3.21. The lowest BCUT2D eigenvalue weighted by atomic mass is 9.99. The molecule has 2 heterocycles. The first-order valence-corrected chi connectivity index (χ1v) is 12.0. The number of nitrogens with one attached hydrogen (secondary N) is 1. The van der Waals surface area contributed by atoms with Gasteiger partial charge in [-0.2, -0.15) is 16.1 Å². The van der Waals surface area contributed by atoms with E-state index in [4.69, 9.17) is 4.42 Å². The van der Waals surface area contributed by atoms with E-state index in [0.717, 1.165) is 22.8 Å². The molecule has 152 valence electrons. The molecule has 1 amide bonds. The minimum Gasteiger partial charge on any atom is -0.468 e. The molecule has 1 aliphatic rings. The van der Waals surface area contributed by atoms with Crippen LogP contribution in [0.1, 0.15) is 24.2 Å². The molecule has 1 aromatic carbocycles. The number of sulfonamides is 1. The summed E-state index contributed by atoms with van der Waals surface area (Å²) in [7, 11) is -3.56. The van der Waals surface area contributed by atoms with Crippen LogP contribution in [0.4, 0.5) is 0 Å². The highest BCUT2D eigenvalue weighted by molar-refractivity contribution is 7.98. The minimum atomic E-state index is -3.56. The van der Waals surface area contributed by atoms with Crippen LogP contribution in [0.3, 0.4) is 0 Å². The Morgan fingerprint density at radius 3 is 2.79 bits per heavy atom. The van der Waals surface area contributed by atoms with E-state index in [1.807, 2.05) is 19.1 Å². The summed E-state index contributed by atoms with van der Waals surface area (Å²) in [6.07, 6.45) is 3.05. The maximum atomic E-state index is 12.9. The summed E-state index contributed by atoms with van der Waals surface area (Å²) in [5, 5.41) is 2.94. The van der Waals surface area contributed by atoms with Gasteiger partial charge in [0.1, 0.15) is 5.76 Å². The number of aryl methyl sites for hydroxylation is 1. The molecular weight excluding hydrogens is 396 g/mol. The largest absolute Gasteiger partial charge is 0.468 e. The van der Waals surface area contributed by atoms with Crippen LogP contribution in [0.2, 0.25) is 0 Å². The van der Waals surface area contributed by atoms with Crippen molar-refractivity contribution >= 4 is 27.7 Å². The summed E-state index contributed by atoms with van der Waals surface area (Å²) < 4.78 is 32.4. The van der Waals surface area contributed by atoms with Crippen molar-refractivity contribution in [3.63, 3.8) is 0 Å². The second kappa shape index (κ2) is 9.62. The standard InChI is InChI=1S/C20H26N2O4S2/c1-16-6-8-19(9-7-16)28(24,25)22-11-2-4-17(14-22)20(23)21-10-13-27-15-18-5-3-12-26-18/h3,5-9,12,17H,2,4,10-11,13-15H2,1H3,(H,21,23)/t17-/m1/s1. The first kappa shape index (κ1) is 21.0. The molecule has 0 radical (unpaired) electrons. The van der Waals surface area contributed by atoms with Crippen molar-refractivity contribution in [3.05, 3.63) is 54.0 Å². The van der Waals surface area contributed by atoms with Gasteiger partial charge in [-0.05, 0) is 44.0 Å². The second-order valence-corrected chi connectivity index (χ2v) is 9.98. The highest BCUT2D eigenvalue weighted by Gasteiger charge is 2.33. The van der Waals surface area contributed by atoms with Crippen molar-refractivity contribution in [2.24, 2.45) is 5.92 Å². The van der Waals surface area contributed by atoms with Gasteiger partial charge in [-0.25, -0.2) is 8.42 Å². The van der Waals surface area contributed by atoms with Crippen LogP contribution in [0.5, 0.6) is 0 Å². The Hall–Kier alpha value is -1.77. The van der Waals surface area contributed by atoms with Crippen molar-refractivity contribution in [1.82, 2.24) is 9.62 Å². The van der Waals surface area contributed by atoms with Gasteiger partial charge in [-0.15, -0.1) is 0 Å². The summed E-state index contributed by atoms with van der Waals surface area (Å²) in [5.74, 6) is 2.10. The number of carbonyl (C=O) groups is 1. The van der Waals surface area contributed by atoms with Gasteiger partial charge in [0.25, 0.3) is 0 Å². The molecule has 8 heteroatoms. The van der Waals surface area contributed by atoms with Crippen LogP contribution in [-0.2, 0) is 20.6 Å². The first-order chi connectivity index (χ1) is 13.5. The molecule has 1 N–H and O–H groups in total. The second-order valence-electron chi connectivity index (χ2n) is 6.94. The SMILES string of the molecule is Cc1ccc(S(=O)(=O)N2CCC[C@@H](C(=O)NCCSCc3ccco3)C2)cc1. The number of hydrogen-bond acceptors (Lipinski definition) is 5. The minimum absolute atomic E-state index is 0.0672. The highest BCUT2D eigenvalue weighted by Crippen LogP contribution is 2.24. The predicted molar refractivity (Wildman–Crippen MR) is 111 cm³/mol. The van der Waals surface area contributed by atoms with Crippen molar-refractivity contribution in [1.29, 1.82) is 0 Å². The van der Waals surface area contributed by atoms with E-state index in [2.05, 4.69) is 5.32 Å². The fourth-order valence-electron chi connectivity index (χ4n) is 3.19. The number of amides is 1. The lowest BCUT2D eigenvalue weighted by Gasteiger charge is -2.31. The van der Waals surface area contributed by atoms with Crippen LogP contribution in [0, 0.1) is 12.8 Å². The van der Waals surface area contributed by atoms with Gasteiger partial charge in [0.05, 0.1) is 22.8 Å². The molecule has 0 saturated carbocycles. The van der Waals surface area contributed by atoms with E-state index >= 15 is 0 Å². The zero-order valence-electron chi connectivity index (χ0n) is 16.0. The molecule has 1 aliphatic heterocycles. The smallest absolute Gasteiger partial charge is 0.243 e. The van der Waals surface area contributed by atoms with Gasteiger partial charge in [0.15, 0.2) is 0 Å². The molecule has 0 spiro atoms. The van der Waals surface area contributed by atoms with E-state index < -0.39 is 10.0 Å². The fourth-order valence-corrected chi connectivity index (χ4v) is 5.47. The molecule has 3 rings (SSSR count). The lowest BCUT2D eigenvalue weighted by molar-refractivity contribution is -0.125. The molecule has 2 aromatic rings. The van der Waals surface area contributed by atoms with E-state index in [0.29, 0.717) is 25.9 Å². The Kier molecular flexibility index (Phi) is 7.20. The number of hydrogen-bond donors (Lipinski definition) is 1. The van der Waals surface area contributed by atoms with Crippen LogP contribution in [0.15, 0.2) is 52.0 Å². The summed E-state index contributed by atoms with van der Waals surface area (Å²) in [4.78, 5) is 12.8. The van der Waals surface area contributed by atoms with Crippen molar-refractivity contribution in [2.45, 2.75) is 30.4 Å². The maximum absolute atomic E-state index is 12.9. The summed E-state index contributed by atoms with van der Waals surface area (Å²) in [6, 6.07) is 10.6. The van der Waals surface area contributed by atoms with Gasteiger partial charge < -0.3 is 9.73 Å². The number of benzene rings is 1. The zero-order valence-corrected chi connectivity index (χ0v) is 17.6. The maximum Gasteiger partial charge on any atom is 0.243 e. The molecule has 28 heavy (non-hydrogen) atoms. The number of piperidine rings is 1. The van der Waals surface area contributed by atoms with E-state index in [9.17, 15) is 13.2 Å². The van der Waals surface area contributed by atoms with Crippen LogP contribution in [0.25, 0.3) is 0 Å². The highest BCUT2D eigenvalue weighted by atomic mass is 32.2. The quantitative estimate of drug-likeness (QED) is 0.662. The van der Waals surface area contributed by atoms with Crippen molar-refractivity contribution in [2.75, 3.05) is 25.4 Å². The Morgan fingerprint density at radius 2 is 2.07 bits per heavy atom. The summed E-state index contributed by atoms with van der Waals surface area (Å²) in [6.45, 7) is 3.18. The third-order valence-corrected chi connectivity index (χ3v) is 7.64. The number of thioether (sulfide) groups is 1. The Bertz CT molecular complexity index is 864. The van der Waals surface area contributed by atoms with Gasteiger partial charge in [-0.3, -0.25) is 4.79 Å². The monoisotopic (exact) mass is 422 g/mol. The molecule has 0 unspecified atom stereocenters. The normalized spacial score (nSPS) is 18.1. The summed E-state index contributed by atoms with van der Waals surface area (Å²) >= 11 is 1.69. The third kappa shape index (κ3) is 5.40. The molecule has 1 aromatic heterocycles. The molecular formula is C20H26N2O4S2. The Balaban J connectivity index is 1.48. The van der Waals surface area contributed by atoms with Crippen LogP contribution in [-0.4, -0.2) is 44.0 Å². The molecule has 6 nitrogen and oxygen atoms in total. The first-order valence-electron chi connectivity index (χ1n) is 9.41. The predicted octanol–water partition coefficient (Wildman–Crippen LogP) is 3.04. The van der Waals surface area contributed by atoms with Gasteiger partial charge in [0.2, 0.25) is 15.9 Å². The van der Waals surface area contributed by atoms with Gasteiger partial charge in [0, 0.05) is 25.4 Å². The molecule has 1 fully saturated rings. The Morgan fingerprint density at radius 1 is 1.29 bits per heavy atom. The zero-order chi connectivity index (χ0) is 20.0. The molecule has 0 bridgehead atoms. The lowest BCUT2D eigenvalue weighted by Crippen LogP contribution is -2.45. The number of carbonyl (C=O) groups excluding carboxylic acids is 1. The van der Waals surface area contributed by atoms with Crippen LogP contribution < -0.4 is 5.32 Å². The van der Waals surface area contributed by atoms with Crippen molar-refractivity contribution in [3.8, 4) is 0 Å². The van der Waals surface area contributed by atoms with E-state index in [-0.39, 0.29) is 23.3 Å². The number of nitrogens with zero attached hydrogens (tertiary/aromatic N) is 1. The van der Waals surface area contributed by atoms with Crippen molar-refractivity contribution < 1.29 is 17.6 Å². The Labute approximate surface area is 170 Å². The number of furan rings is 1. The van der Waals surface area contributed by atoms with E-state index in [1.54, 1.807) is 42.3 Å². The third-order valence-electron chi connectivity index (χ3n) is 4.78. The topological polar surface area (TPSA) is 79.6 Å².